The van der Waals surface area contributed by atoms with Gasteiger partial charge in [0, 0.05) is 29.5 Å². The number of aromatic nitrogens is 2. The quantitative estimate of drug-likeness (QED) is 0.548. The molecular formula is C21H18FN3O2S. The Hall–Kier alpha value is -3.19. The number of halogens is 1. The number of ether oxygens (including phenoxy) is 1. The van der Waals surface area contributed by atoms with Crippen molar-refractivity contribution < 1.29 is 13.9 Å². The van der Waals surface area contributed by atoms with E-state index in [9.17, 15) is 9.18 Å². The molecule has 1 unspecified atom stereocenters. The number of aryl methyl sites for hydroxylation is 1. The molecule has 0 aliphatic carbocycles. The van der Waals surface area contributed by atoms with E-state index in [4.69, 9.17) is 4.74 Å². The van der Waals surface area contributed by atoms with E-state index in [0.717, 1.165) is 16.0 Å². The van der Waals surface area contributed by atoms with Crippen LogP contribution in [0.25, 0.3) is 10.1 Å². The number of amides is 1. The van der Waals surface area contributed by atoms with Crippen molar-refractivity contribution in [2.24, 2.45) is 7.05 Å². The Balaban J connectivity index is 1.69. The van der Waals surface area contributed by atoms with E-state index in [1.54, 1.807) is 31.5 Å². The summed E-state index contributed by atoms with van der Waals surface area (Å²) in [7, 11) is 3.48. The molecule has 142 valence electrons. The van der Waals surface area contributed by atoms with Crippen LogP contribution < -0.4 is 10.1 Å². The van der Waals surface area contributed by atoms with Crippen LogP contribution in [0.15, 0.2) is 60.9 Å². The monoisotopic (exact) mass is 395 g/mol. The van der Waals surface area contributed by atoms with E-state index in [-0.39, 0.29) is 11.7 Å². The molecule has 1 amide bonds. The number of carbonyl (C=O) groups is 1. The van der Waals surface area contributed by atoms with Crippen LogP contribution >= 0.6 is 11.3 Å². The van der Waals surface area contributed by atoms with Gasteiger partial charge in [0.1, 0.15) is 23.4 Å². The molecule has 28 heavy (non-hydrogen) atoms. The first-order chi connectivity index (χ1) is 13.6. The topological polar surface area (TPSA) is 56.1 Å². The normalized spacial score (nSPS) is 12.1. The minimum absolute atomic E-state index is 0.274. The van der Waals surface area contributed by atoms with Crippen LogP contribution in [0.5, 0.6) is 5.75 Å². The predicted molar refractivity (Wildman–Crippen MR) is 107 cm³/mol. The average Bonchev–Trinajstić information content (AvgIpc) is 3.33. The lowest BCUT2D eigenvalue weighted by Gasteiger charge is -2.19. The maximum atomic E-state index is 14.0. The molecule has 2 aromatic carbocycles. The van der Waals surface area contributed by atoms with Crippen LogP contribution in [0, 0.1) is 5.82 Å². The lowest BCUT2D eigenvalue weighted by Crippen LogP contribution is -2.30. The second kappa shape index (κ2) is 7.44. The van der Waals surface area contributed by atoms with E-state index in [2.05, 4.69) is 10.3 Å². The van der Waals surface area contributed by atoms with Crippen molar-refractivity contribution in [1.82, 2.24) is 14.9 Å². The first-order valence-electron chi connectivity index (χ1n) is 8.67. The van der Waals surface area contributed by atoms with Crippen molar-refractivity contribution in [2.75, 3.05) is 7.11 Å². The highest BCUT2D eigenvalue weighted by Crippen LogP contribution is 2.29. The number of fused-ring (bicyclic) bond motifs is 1. The van der Waals surface area contributed by atoms with Gasteiger partial charge in [0.05, 0.1) is 12.0 Å². The number of nitrogens with zero attached hydrogens (tertiary/aromatic N) is 2. The van der Waals surface area contributed by atoms with Gasteiger partial charge < -0.3 is 14.6 Å². The summed E-state index contributed by atoms with van der Waals surface area (Å²) in [4.78, 5) is 17.8. The zero-order valence-corrected chi connectivity index (χ0v) is 16.2. The molecule has 2 aromatic heterocycles. The van der Waals surface area contributed by atoms with Gasteiger partial charge in [-0.05, 0) is 35.9 Å². The highest BCUT2D eigenvalue weighted by Gasteiger charge is 2.23. The Morgan fingerprint density at radius 1 is 1.25 bits per heavy atom. The van der Waals surface area contributed by atoms with Gasteiger partial charge in [0.15, 0.2) is 0 Å². The molecule has 2 heterocycles. The van der Waals surface area contributed by atoms with Crippen LogP contribution in [-0.2, 0) is 7.05 Å². The van der Waals surface area contributed by atoms with Gasteiger partial charge in [-0.3, -0.25) is 4.79 Å². The number of thiophene rings is 1. The van der Waals surface area contributed by atoms with E-state index in [1.165, 1.54) is 17.4 Å². The summed E-state index contributed by atoms with van der Waals surface area (Å²) < 4.78 is 21.8. The average molecular weight is 395 g/mol. The number of hydrogen-bond donors (Lipinski definition) is 1. The fraction of sp³-hybridized carbons (Fsp3) is 0.143. The highest BCUT2D eigenvalue weighted by molar-refractivity contribution is 7.20. The largest absolute Gasteiger partial charge is 0.497 e. The Bertz CT molecular complexity index is 1130. The molecule has 4 aromatic rings. The SMILES string of the molecule is COc1ccc(C(NC(=O)c2cc3c(F)cccc3s2)c2nccn2C)cc1. The van der Waals surface area contributed by atoms with Crippen molar-refractivity contribution in [3.8, 4) is 5.75 Å². The van der Waals surface area contributed by atoms with Crippen LogP contribution in [0.3, 0.4) is 0 Å². The van der Waals surface area contributed by atoms with Gasteiger partial charge in [-0.25, -0.2) is 9.37 Å². The summed E-state index contributed by atoms with van der Waals surface area (Å²) in [6, 6.07) is 13.4. The van der Waals surface area contributed by atoms with Crippen LogP contribution in [0.2, 0.25) is 0 Å². The van der Waals surface area contributed by atoms with E-state index in [1.807, 2.05) is 42.1 Å². The highest BCUT2D eigenvalue weighted by atomic mass is 32.1. The fourth-order valence-corrected chi connectivity index (χ4v) is 4.07. The standard InChI is InChI=1S/C21H18FN3O2S/c1-25-11-10-23-20(25)19(13-6-8-14(27-2)9-7-13)24-21(26)18-12-15-16(22)4-3-5-17(15)28-18/h3-12,19H,1-2H3,(H,24,26). The van der Waals surface area contributed by atoms with Crippen molar-refractivity contribution in [1.29, 1.82) is 0 Å². The zero-order valence-electron chi connectivity index (χ0n) is 15.3. The summed E-state index contributed by atoms with van der Waals surface area (Å²) in [5.41, 5.74) is 0.871. The molecular weight excluding hydrogens is 377 g/mol. The first kappa shape index (κ1) is 18.2. The summed E-state index contributed by atoms with van der Waals surface area (Å²) in [6.07, 6.45) is 3.51. The lowest BCUT2D eigenvalue weighted by atomic mass is 10.1. The first-order valence-corrected chi connectivity index (χ1v) is 9.48. The number of rotatable bonds is 5. The van der Waals surface area contributed by atoms with Crippen molar-refractivity contribution in [3.63, 3.8) is 0 Å². The number of nitrogens with one attached hydrogen (secondary N) is 1. The van der Waals surface area contributed by atoms with Gasteiger partial charge in [0.2, 0.25) is 0 Å². The number of benzene rings is 2. The van der Waals surface area contributed by atoms with E-state index in [0.29, 0.717) is 16.1 Å². The molecule has 1 N–H and O–H groups in total. The molecule has 0 aliphatic heterocycles. The maximum Gasteiger partial charge on any atom is 0.262 e. The van der Waals surface area contributed by atoms with Crippen molar-refractivity contribution in [2.45, 2.75) is 6.04 Å². The van der Waals surface area contributed by atoms with Crippen molar-refractivity contribution in [3.05, 3.63) is 83.0 Å². The third kappa shape index (κ3) is 3.36. The van der Waals surface area contributed by atoms with Gasteiger partial charge in [0.25, 0.3) is 5.91 Å². The zero-order chi connectivity index (χ0) is 19.7. The minimum atomic E-state index is -0.450. The Morgan fingerprint density at radius 3 is 2.68 bits per heavy atom. The third-order valence-corrected chi connectivity index (χ3v) is 5.67. The Labute approximate surface area is 165 Å². The summed E-state index contributed by atoms with van der Waals surface area (Å²) in [5.74, 6) is 0.826. The lowest BCUT2D eigenvalue weighted by molar-refractivity contribution is 0.0945. The molecule has 5 nitrogen and oxygen atoms in total. The van der Waals surface area contributed by atoms with Gasteiger partial charge >= 0.3 is 0 Å². The summed E-state index contributed by atoms with van der Waals surface area (Å²) in [6.45, 7) is 0. The van der Waals surface area contributed by atoms with Crippen molar-refractivity contribution >= 4 is 27.3 Å². The van der Waals surface area contributed by atoms with Crippen LogP contribution in [0.1, 0.15) is 27.1 Å². The number of methoxy groups -OCH3 is 1. The van der Waals surface area contributed by atoms with Gasteiger partial charge in [-0.15, -0.1) is 11.3 Å². The second-order valence-corrected chi connectivity index (χ2v) is 7.42. The predicted octanol–water partition coefficient (Wildman–Crippen LogP) is 4.30. The van der Waals surface area contributed by atoms with Gasteiger partial charge in [-0.1, -0.05) is 18.2 Å². The molecule has 0 aliphatic rings. The van der Waals surface area contributed by atoms with Crippen LogP contribution in [0.4, 0.5) is 4.39 Å². The van der Waals surface area contributed by atoms with E-state index < -0.39 is 6.04 Å². The second-order valence-electron chi connectivity index (χ2n) is 6.34. The molecule has 0 spiro atoms. The van der Waals surface area contributed by atoms with Crippen LogP contribution in [-0.4, -0.2) is 22.6 Å². The number of carbonyl (C=O) groups excluding carboxylic acids is 1. The number of imidazole rings is 1. The van der Waals surface area contributed by atoms with E-state index >= 15 is 0 Å². The number of hydrogen-bond acceptors (Lipinski definition) is 4. The molecule has 7 heteroatoms. The Kier molecular flexibility index (Phi) is 4.83. The summed E-state index contributed by atoms with van der Waals surface area (Å²) >= 11 is 1.26. The smallest absolute Gasteiger partial charge is 0.262 e. The molecule has 0 saturated carbocycles. The molecule has 0 bridgehead atoms. The molecule has 0 saturated heterocycles. The fourth-order valence-electron chi connectivity index (χ4n) is 3.09. The molecule has 0 radical (unpaired) electrons. The molecule has 4 rings (SSSR count). The Morgan fingerprint density at radius 2 is 2.04 bits per heavy atom. The summed E-state index contributed by atoms with van der Waals surface area (Å²) in [5, 5.41) is 3.49. The minimum Gasteiger partial charge on any atom is -0.497 e. The molecule has 1 atom stereocenters. The third-order valence-electron chi connectivity index (χ3n) is 4.57. The van der Waals surface area contributed by atoms with Gasteiger partial charge in [-0.2, -0.15) is 0 Å². The maximum absolute atomic E-state index is 14.0. The molecule has 0 fully saturated rings.